The first-order chi connectivity index (χ1) is 15.7. The predicted octanol–water partition coefficient (Wildman–Crippen LogP) is 4.69. The Morgan fingerprint density at radius 1 is 1.25 bits per heavy atom. The second kappa shape index (κ2) is 9.30. The number of amides is 1. The number of nitrogens with one attached hydrogen (secondary N) is 1. The molecule has 1 saturated heterocycles. The average Bonchev–Trinajstić information content (AvgIpc) is 3.49. The number of fused-ring (bicyclic) bond motifs is 1. The van der Waals surface area contributed by atoms with Gasteiger partial charge in [0.25, 0.3) is 0 Å². The maximum absolute atomic E-state index is 12.8. The van der Waals surface area contributed by atoms with E-state index in [9.17, 15) is 4.79 Å². The zero-order chi connectivity index (χ0) is 21.9. The first-order valence-electron chi connectivity index (χ1n) is 10.8. The van der Waals surface area contributed by atoms with Crippen LogP contribution in [0.5, 0.6) is 0 Å². The van der Waals surface area contributed by atoms with Gasteiger partial charge in [-0.2, -0.15) is 5.10 Å². The molecule has 6 nitrogen and oxygen atoms in total. The molecule has 1 unspecified atom stereocenters. The van der Waals surface area contributed by atoms with Gasteiger partial charge in [-0.3, -0.25) is 4.79 Å². The molecule has 4 aromatic rings. The number of halogens is 1. The van der Waals surface area contributed by atoms with Gasteiger partial charge in [0.05, 0.1) is 16.6 Å². The van der Waals surface area contributed by atoms with Crippen LogP contribution in [0.3, 0.4) is 0 Å². The summed E-state index contributed by atoms with van der Waals surface area (Å²) >= 11 is 8.11. The Balaban J connectivity index is 1.32. The molecule has 0 bridgehead atoms. The maximum atomic E-state index is 12.8. The van der Waals surface area contributed by atoms with E-state index in [1.165, 1.54) is 4.88 Å². The summed E-state index contributed by atoms with van der Waals surface area (Å²) < 4.78 is 1.84. The molecule has 1 aliphatic rings. The van der Waals surface area contributed by atoms with E-state index in [1.54, 1.807) is 17.5 Å². The van der Waals surface area contributed by atoms with Crippen molar-refractivity contribution in [3.8, 4) is 11.3 Å². The third kappa shape index (κ3) is 4.36. The van der Waals surface area contributed by atoms with Gasteiger partial charge in [-0.1, -0.05) is 35.9 Å². The number of benzene rings is 1. The van der Waals surface area contributed by atoms with Gasteiger partial charge < -0.3 is 10.2 Å². The zero-order valence-electron chi connectivity index (χ0n) is 17.6. The summed E-state index contributed by atoms with van der Waals surface area (Å²) in [5, 5.41) is 10.6. The SMILES string of the molecule is O=C(NCCc1cccs1)C1CCCN(c2nccn3nc(-c4ccccc4Cl)cc23)C1. The Kier molecular flexibility index (Phi) is 6.10. The van der Waals surface area contributed by atoms with Crippen molar-refractivity contribution < 1.29 is 4.79 Å². The van der Waals surface area contributed by atoms with Crippen molar-refractivity contribution in [2.75, 3.05) is 24.5 Å². The van der Waals surface area contributed by atoms with Crippen molar-refractivity contribution in [1.29, 1.82) is 0 Å². The van der Waals surface area contributed by atoms with Gasteiger partial charge in [0.2, 0.25) is 5.91 Å². The summed E-state index contributed by atoms with van der Waals surface area (Å²) in [7, 11) is 0. The number of piperidine rings is 1. The van der Waals surface area contributed by atoms with Gasteiger partial charge in [-0.15, -0.1) is 11.3 Å². The standard InChI is InChI=1S/C24H24ClN5OS/c25-20-8-2-1-7-19(20)21-15-22-23(26-11-13-30(22)28-21)29-12-3-5-17(16-29)24(31)27-10-9-18-6-4-14-32-18/h1-2,4,6-8,11,13-15,17H,3,5,9-10,12,16H2,(H,27,31). The summed E-state index contributed by atoms with van der Waals surface area (Å²) in [6.45, 7) is 2.20. The van der Waals surface area contributed by atoms with Crippen molar-refractivity contribution in [3.05, 3.63) is 70.1 Å². The maximum Gasteiger partial charge on any atom is 0.224 e. The summed E-state index contributed by atoms with van der Waals surface area (Å²) in [5.74, 6) is 0.943. The van der Waals surface area contributed by atoms with Crippen LogP contribution in [0.15, 0.2) is 60.2 Å². The van der Waals surface area contributed by atoms with Crippen molar-refractivity contribution in [3.63, 3.8) is 0 Å². The lowest BCUT2D eigenvalue weighted by Crippen LogP contribution is -2.44. The first-order valence-corrected chi connectivity index (χ1v) is 12.1. The highest BCUT2D eigenvalue weighted by atomic mass is 35.5. The Labute approximate surface area is 195 Å². The molecule has 1 aliphatic heterocycles. The van der Waals surface area contributed by atoms with Crippen LogP contribution in [-0.4, -0.2) is 40.1 Å². The van der Waals surface area contributed by atoms with E-state index in [4.69, 9.17) is 16.7 Å². The van der Waals surface area contributed by atoms with Crippen molar-refractivity contribution in [1.82, 2.24) is 19.9 Å². The van der Waals surface area contributed by atoms with E-state index < -0.39 is 0 Å². The monoisotopic (exact) mass is 465 g/mol. The fourth-order valence-corrected chi connectivity index (χ4v) is 5.19. The van der Waals surface area contributed by atoms with Gasteiger partial charge in [0, 0.05) is 42.5 Å². The van der Waals surface area contributed by atoms with E-state index in [1.807, 2.05) is 47.1 Å². The number of carbonyl (C=O) groups is 1. The van der Waals surface area contributed by atoms with Gasteiger partial charge >= 0.3 is 0 Å². The Bertz CT molecular complexity index is 1220. The van der Waals surface area contributed by atoms with Gasteiger partial charge in [0.1, 0.15) is 5.52 Å². The number of hydrogen-bond acceptors (Lipinski definition) is 5. The lowest BCUT2D eigenvalue weighted by atomic mass is 9.97. The highest BCUT2D eigenvalue weighted by Gasteiger charge is 2.27. The van der Waals surface area contributed by atoms with Crippen molar-refractivity contribution >= 4 is 40.2 Å². The Morgan fingerprint density at radius 2 is 2.16 bits per heavy atom. The molecule has 0 spiro atoms. The van der Waals surface area contributed by atoms with Crippen molar-refractivity contribution in [2.45, 2.75) is 19.3 Å². The third-order valence-electron chi connectivity index (χ3n) is 5.86. The second-order valence-electron chi connectivity index (χ2n) is 8.00. The summed E-state index contributed by atoms with van der Waals surface area (Å²) in [6.07, 6.45) is 6.33. The molecule has 4 heterocycles. The van der Waals surface area contributed by atoms with Crippen LogP contribution in [0.4, 0.5) is 5.82 Å². The zero-order valence-corrected chi connectivity index (χ0v) is 19.1. The van der Waals surface area contributed by atoms with Crippen LogP contribution >= 0.6 is 22.9 Å². The summed E-state index contributed by atoms with van der Waals surface area (Å²) in [5.41, 5.74) is 2.62. The number of nitrogens with zero attached hydrogens (tertiary/aromatic N) is 4. The van der Waals surface area contributed by atoms with E-state index >= 15 is 0 Å². The minimum Gasteiger partial charge on any atom is -0.355 e. The number of carbonyl (C=O) groups excluding carboxylic acids is 1. The van der Waals surface area contributed by atoms with Crippen LogP contribution in [0.25, 0.3) is 16.8 Å². The first kappa shape index (κ1) is 21.0. The molecule has 3 aromatic heterocycles. The van der Waals surface area contributed by atoms with E-state index in [2.05, 4.69) is 26.6 Å². The van der Waals surface area contributed by atoms with Crippen molar-refractivity contribution in [2.24, 2.45) is 5.92 Å². The molecule has 1 atom stereocenters. The van der Waals surface area contributed by atoms with E-state index in [0.29, 0.717) is 18.1 Å². The molecule has 5 rings (SSSR count). The lowest BCUT2D eigenvalue weighted by Gasteiger charge is -2.33. The molecular weight excluding hydrogens is 442 g/mol. The molecule has 1 amide bonds. The topological polar surface area (TPSA) is 62.5 Å². The number of aromatic nitrogens is 3. The van der Waals surface area contributed by atoms with E-state index in [-0.39, 0.29) is 11.8 Å². The second-order valence-corrected chi connectivity index (χ2v) is 9.44. The molecule has 8 heteroatoms. The normalized spacial score (nSPS) is 16.4. The van der Waals surface area contributed by atoms with Gasteiger partial charge in [-0.25, -0.2) is 9.50 Å². The van der Waals surface area contributed by atoms with E-state index in [0.717, 1.165) is 48.4 Å². The van der Waals surface area contributed by atoms with Crippen LogP contribution < -0.4 is 10.2 Å². The highest BCUT2D eigenvalue weighted by molar-refractivity contribution is 7.09. The van der Waals surface area contributed by atoms with Crippen LogP contribution in [-0.2, 0) is 11.2 Å². The summed E-state index contributed by atoms with van der Waals surface area (Å²) in [6, 6.07) is 13.9. The number of thiophene rings is 1. The molecule has 164 valence electrons. The molecular formula is C24H24ClN5OS. The van der Waals surface area contributed by atoms with Crippen LogP contribution in [0, 0.1) is 5.92 Å². The van der Waals surface area contributed by atoms with Gasteiger partial charge in [-0.05, 0) is 42.8 Å². The molecule has 1 N–H and O–H groups in total. The largest absolute Gasteiger partial charge is 0.355 e. The molecule has 0 saturated carbocycles. The van der Waals surface area contributed by atoms with Crippen LogP contribution in [0.1, 0.15) is 17.7 Å². The van der Waals surface area contributed by atoms with Gasteiger partial charge in [0.15, 0.2) is 5.82 Å². The fraction of sp³-hybridized carbons (Fsp3) is 0.292. The number of rotatable bonds is 6. The Morgan fingerprint density at radius 3 is 3.00 bits per heavy atom. The predicted molar refractivity (Wildman–Crippen MR) is 129 cm³/mol. The highest BCUT2D eigenvalue weighted by Crippen LogP contribution is 2.31. The lowest BCUT2D eigenvalue weighted by molar-refractivity contribution is -0.125. The quantitative estimate of drug-likeness (QED) is 0.449. The molecule has 1 aromatic carbocycles. The minimum atomic E-state index is -0.0416. The average molecular weight is 466 g/mol. The van der Waals surface area contributed by atoms with Crippen LogP contribution in [0.2, 0.25) is 5.02 Å². The number of anilines is 1. The summed E-state index contributed by atoms with van der Waals surface area (Å²) in [4.78, 5) is 21.0. The molecule has 0 radical (unpaired) electrons. The smallest absolute Gasteiger partial charge is 0.224 e. The minimum absolute atomic E-state index is 0.0416. The Hall–Kier alpha value is -2.90. The molecule has 32 heavy (non-hydrogen) atoms. The fourth-order valence-electron chi connectivity index (χ4n) is 4.24. The molecule has 1 fully saturated rings. The number of hydrogen-bond donors (Lipinski definition) is 1. The third-order valence-corrected chi connectivity index (χ3v) is 7.13. The molecule has 0 aliphatic carbocycles.